The minimum absolute atomic E-state index is 0.217. The highest BCUT2D eigenvalue weighted by Gasteiger charge is 2.13. The first-order valence-corrected chi connectivity index (χ1v) is 6.02. The van der Waals surface area contributed by atoms with Gasteiger partial charge in [0.1, 0.15) is 11.2 Å². The van der Waals surface area contributed by atoms with E-state index in [9.17, 15) is 4.39 Å². The third-order valence-corrected chi connectivity index (χ3v) is 2.83. The van der Waals surface area contributed by atoms with E-state index in [0.29, 0.717) is 11.3 Å². The number of para-hydroxylation sites is 1. The Kier molecular flexibility index (Phi) is 2.74. The molecule has 96 valence electrons. The molecule has 1 aromatic carbocycles. The van der Waals surface area contributed by atoms with Crippen molar-refractivity contribution in [2.45, 2.75) is 19.8 Å². The number of benzene rings is 1. The van der Waals surface area contributed by atoms with E-state index in [4.69, 9.17) is 4.42 Å². The Balaban J connectivity index is 2.14. The summed E-state index contributed by atoms with van der Waals surface area (Å²) < 4.78 is 19.1. The molecule has 0 fully saturated rings. The van der Waals surface area contributed by atoms with E-state index in [1.165, 1.54) is 6.07 Å². The molecule has 19 heavy (non-hydrogen) atoms. The molecule has 0 radical (unpaired) electrons. The van der Waals surface area contributed by atoms with E-state index in [-0.39, 0.29) is 17.3 Å². The van der Waals surface area contributed by atoms with E-state index in [2.05, 4.69) is 15.0 Å². The molecule has 3 rings (SSSR count). The monoisotopic (exact) mass is 257 g/mol. The molecule has 0 bridgehead atoms. The maximum Gasteiger partial charge on any atom is 0.247 e. The van der Waals surface area contributed by atoms with Crippen LogP contribution >= 0.6 is 0 Å². The predicted octanol–water partition coefficient (Wildman–Crippen LogP) is 3.55. The van der Waals surface area contributed by atoms with Gasteiger partial charge in [-0.3, -0.25) is 4.98 Å². The summed E-state index contributed by atoms with van der Waals surface area (Å²) in [7, 11) is 0. The molecular weight excluding hydrogens is 245 g/mol. The second kappa shape index (κ2) is 4.42. The number of hydrogen-bond acceptors (Lipinski definition) is 4. The molecule has 2 aromatic heterocycles. The number of rotatable bonds is 2. The highest BCUT2D eigenvalue weighted by Crippen LogP contribution is 2.24. The van der Waals surface area contributed by atoms with Crippen molar-refractivity contribution in [1.29, 1.82) is 0 Å². The number of hydrogen-bond donors (Lipinski definition) is 0. The van der Waals surface area contributed by atoms with Gasteiger partial charge in [-0.05, 0) is 18.1 Å². The van der Waals surface area contributed by atoms with Crippen molar-refractivity contribution >= 4 is 11.1 Å². The molecule has 0 amide bonds. The van der Waals surface area contributed by atoms with Gasteiger partial charge in [-0.2, -0.15) is 0 Å². The lowest BCUT2D eigenvalue weighted by molar-refractivity contribution is 0.612. The normalized spacial score (nSPS) is 11.4. The fourth-order valence-corrected chi connectivity index (χ4v) is 1.79. The molecule has 4 nitrogen and oxygen atoms in total. The van der Waals surface area contributed by atoms with Gasteiger partial charge in [0.05, 0.1) is 11.9 Å². The van der Waals surface area contributed by atoms with E-state index in [1.54, 1.807) is 24.5 Å². The van der Waals surface area contributed by atoms with Gasteiger partial charge in [0.25, 0.3) is 0 Å². The lowest BCUT2D eigenvalue weighted by Gasteiger charge is -2.03. The molecule has 3 aromatic rings. The van der Waals surface area contributed by atoms with Crippen LogP contribution in [0.3, 0.4) is 0 Å². The van der Waals surface area contributed by atoms with Gasteiger partial charge >= 0.3 is 0 Å². The van der Waals surface area contributed by atoms with E-state index in [1.807, 2.05) is 13.8 Å². The third-order valence-electron chi connectivity index (χ3n) is 2.83. The number of fused-ring (bicyclic) bond motifs is 1. The van der Waals surface area contributed by atoms with Crippen molar-refractivity contribution in [2.75, 3.05) is 0 Å². The van der Waals surface area contributed by atoms with Gasteiger partial charge in [-0.1, -0.05) is 19.9 Å². The van der Waals surface area contributed by atoms with Crippen LogP contribution in [0, 0.1) is 5.82 Å². The predicted molar refractivity (Wildman–Crippen MR) is 69.1 cm³/mol. The van der Waals surface area contributed by atoms with Crippen molar-refractivity contribution in [3.8, 4) is 11.6 Å². The summed E-state index contributed by atoms with van der Waals surface area (Å²) in [6.07, 6.45) is 3.27. The fraction of sp³-hybridized carbons (Fsp3) is 0.214. The topological polar surface area (TPSA) is 51.8 Å². The van der Waals surface area contributed by atoms with E-state index >= 15 is 0 Å². The fourth-order valence-electron chi connectivity index (χ4n) is 1.79. The van der Waals surface area contributed by atoms with Crippen LogP contribution in [0.15, 0.2) is 35.0 Å². The van der Waals surface area contributed by atoms with Gasteiger partial charge in [0.15, 0.2) is 11.4 Å². The Morgan fingerprint density at radius 3 is 2.74 bits per heavy atom. The zero-order chi connectivity index (χ0) is 13.4. The van der Waals surface area contributed by atoms with Crippen molar-refractivity contribution < 1.29 is 8.81 Å². The van der Waals surface area contributed by atoms with Gasteiger partial charge in [0, 0.05) is 6.20 Å². The molecule has 0 saturated carbocycles. The van der Waals surface area contributed by atoms with Crippen LogP contribution < -0.4 is 0 Å². The third kappa shape index (κ3) is 2.07. The highest BCUT2D eigenvalue weighted by atomic mass is 19.1. The summed E-state index contributed by atoms with van der Waals surface area (Å²) in [5.74, 6) is 0.143. The second-order valence-corrected chi connectivity index (χ2v) is 4.59. The zero-order valence-electron chi connectivity index (χ0n) is 10.6. The quantitative estimate of drug-likeness (QED) is 0.704. The smallest absolute Gasteiger partial charge is 0.247 e. The van der Waals surface area contributed by atoms with Crippen LogP contribution in [0.4, 0.5) is 4.39 Å². The standard InChI is InChI=1S/C14H12FN3O/c1-8(2)10-6-16-7-11(17-10)14-18-13-9(15)4-3-5-12(13)19-14/h3-8H,1-2H3. The van der Waals surface area contributed by atoms with Crippen LogP contribution in [-0.2, 0) is 0 Å². The molecule has 0 atom stereocenters. The lowest BCUT2D eigenvalue weighted by atomic mass is 10.1. The Hall–Kier alpha value is -2.30. The molecule has 0 unspecified atom stereocenters. The molecule has 2 heterocycles. The summed E-state index contributed by atoms with van der Waals surface area (Å²) >= 11 is 0. The molecule has 0 aliphatic heterocycles. The van der Waals surface area contributed by atoms with Gasteiger partial charge < -0.3 is 4.42 Å². The van der Waals surface area contributed by atoms with Crippen molar-refractivity contribution in [1.82, 2.24) is 15.0 Å². The maximum absolute atomic E-state index is 13.6. The zero-order valence-corrected chi connectivity index (χ0v) is 10.6. The van der Waals surface area contributed by atoms with Crippen LogP contribution in [-0.4, -0.2) is 15.0 Å². The summed E-state index contributed by atoms with van der Waals surface area (Å²) in [5, 5.41) is 0. The van der Waals surface area contributed by atoms with Gasteiger partial charge in [0.2, 0.25) is 5.89 Å². The van der Waals surface area contributed by atoms with Crippen LogP contribution in [0.5, 0.6) is 0 Å². The first-order valence-electron chi connectivity index (χ1n) is 6.02. The Morgan fingerprint density at radius 2 is 2.00 bits per heavy atom. The van der Waals surface area contributed by atoms with Crippen LogP contribution in [0.25, 0.3) is 22.7 Å². The Bertz CT molecular complexity index is 736. The first-order chi connectivity index (χ1) is 9.15. The van der Waals surface area contributed by atoms with Crippen molar-refractivity contribution in [3.63, 3.8) is 0 Å². The highest BCUT2D eigenvalue weighted by molar-refractivity contribution is 5.75. The molecule has 0 spiro atoms. The van der Waals surface area contributed by atoms with Crippen molar-refractivity contribution in [3.05, 3.63) is 42.1 Å². The van der Waals surface area contributed by atoms with Gasteiger partial charge in [-0.15, -0.1) is 0 Å². The first kappa shape index (κ1) is 11.8. The minimum Gasteiger partial charge on any atom is -0.435 e. The molecule has 0 N–H and O–H groups in total. The summed E-state index contributed by atoms with van der Waals surface area (Å²) in [6, 6.07) is 4.61. The second-order valence-electron chi connectivity index (χ2n) is 4.59. The summed E-state index contributed by atoms with van der Waals surface area (Å²) in [4.78, 5) is 12.7. The molecule has 0 aliphatic rings. The number of halogens is 1. The van der Waals surface area contributed by atoms with Crippen LogP contribution in [0.1, 0.15) is 25.5 Å². The summed E-state index contributed by atoms with van der Waals surface area (Å²) in [5.41, 5.74) is 1.99. The Labute approximate surface area is 109 Å². The minimum atomic E-state index is -0.402. The van der Waals surface area contributed by atoms with E-state index < -0.39 is 5.82 Å². The largest absolute Gasteiger partial charge is 0.435 e. The maximum atomic E-state index is 13.6. The number of aromatic nitrogens is 3. The molecule has 0 aliphatic carbocycles. The number of oxazole rings is 1. The Morgan fingerprint density at radius 1 is 1.16 bits per heavy atom. The average molecular weight is 257 g/mol. The summed E-state index contributed by atoms with van der Waals surface area (Å²) in [6.45, 7) is 4.05. The van der Waals surface area contributed by atoms with Gasteiger partial charge in [-0.25, -0.2) is 14.4 Å². The molecule has 5 heteroatoms. The lowest BCUT2D eigenvalue weighted by Crippen LogP contribution is -1.96. The van der Waals surface area contributed by atoms with E-state index in [0.717, 1.165) is 5.69 Å². The van der Waals surface area contributed by atoms with Crippen molar-refractivity contribution in [2.24, 2.45) is 0 Å². The number of nitrogens with zero attached hydrogens (tertiary/aromatic N) is 3. The van der Waals surface area contributed by atoms with Crippen LogP contribution in [0.2, 0.25) is 0 Å². The molecule has 0 saturated heterocycles. The average Bonchev–Trinajstić information content (AvgIpc) is 2.84. The SMILES string of the molecule is CC(C)c1cncc(-c2nc3c(F)cccc3o2)n1. The molecular formula is C14H12FN3O.